The lowest BCUT2D eigenvalue weighted by Gasteiger charge is -1.92. The quantitative estimate of drug-likeness (QED) is 0.362. The minimum atomic E-state index is -0.575. The van der Waals surface area contributed by atoms with Gasteiger partial charge in [-0.2, -0.15) is 0 Å². The SMILES string of the molecule is [N-]=[N+]=Nc1cccc(-[n+]2noc([O-])c2Br)c1. The van der Waals surface area contributed by atoms with Crippen molar-refractivity contribution in [3.8, 4) is 11.6 Å². The minimum absolute atomic E-state index is 0.172. The standard InChI is InChI=1S/C8H4BrN5O2/c9-7-8(15)16-13-14(7)6-3-1-2-5(4-6)11-12-10/h1-4H. The predicted octanol–water partition coefficient (Wildman–Crippen LogP) is 1.73. The number of hydrogen-bond donors (Lipinski definition) is 0. The molecule has 16 heavy (non-hydrogen) atoms. The van der Waals surface area contributed by atoms with Crippen molar-refractivity contribution < 1.29 is 14.3 Å². The molecule has 0 saturated heterocycles. The highest BCUT2D eigenvalue weighted by Crippen LogP contribution is 2.19. The van der Waals surface area contributed by atoms with Crippen LogP contribution in [0.2, 0.25) is 0 Å². The molecule has 1 aromatic heterocycles. The zero-order valence-corrected chi connectivity index (χ0v) is 9.33. The van der Waals surface area contributed by atoms with E-state index in [1.54, 1.807) is 24.3 Å². The van der Waals surface area contributed by atoms with E-state index in [9.17, 15) is 5.11 Å². The molecule has 0 aliphatic carbocycles. The van der Waals surface area contributed by atoms with Gasteiger partial charge in [-0.25, -0.2) is 0 Å². The fourth-order valence-electron chi connectivity index (χ4n) is 1.14. The van der Waals surface area contributed by atoms with Crippen LogP contribution >= 0.6 is 15.9 Å². The number of aromatic nitrogens is 2. The van der Waals surface area contributed by atoms with Gasteiger partial charge in [0.1, 0.15) is 0 Å². The molecule has 7 nitrogen and oxygen atoms in total. The van der Waals surface area contributed by atoms with Crippen LogP contribution in [0.25, 0.3) is 16.1 Å². The van der Waals surface area contributed by atoms with Gasteiger partial charge in [0, 0.05) is 38.7 Å². The Labute approximate surface area is 97.6 Å². The third kappa shape index (κ3) is 1.83. The molecule has 0 aliphatic rings. The van der Waals surface area contributed by atoms with Crippen molar-refractivity contribution in [1.29, 1.82) is 0 Å². The Balaban J connectivity index is 2.52. The average molecular weight is 282 g/mol. The molecule has 0 bridgehead atoms. The van der Waals surface area contributed by atoms with E-state index in [4.69, 9.17) is 5.53 Å². The highest BCUT2D eigenvalue weighted by Gasteiger charge is 2.17. The van der Waals surface area contributed by atoms with Crippen LogP contribution in [0.1, 0.15) is 0 Å². The second-order valence-corrected chi connectivity index (χ2v) is 3.52. The number of benzene rings is 1. The molecule has 0 saturated carbocycles. The second kappa shape index (κ2) is 4.21. The molecule has 1 heterocycles. The topological polar surface area (TPSA) is 102 Å². The van der Waals surface area contributed by atoms with E-state index in [0.29, 0.717) is 11.4 Å². The van der Waals surface area contributed by atoms with Crippen LogP contribution in [0.15, 0.2) is 38.5 Å². The van der Waals surface area contributed by atoms with E-state index < -0.39 is 5.95 Å². The number of nitrogens with zero attached hydrogens (tertiary/aromatic N) is 5. The molecule has 2 aromatic rings. The third-order valence-corrected chi connectivity index (χ3v) is 2.45. The van der Waals surface area contributed by atoms with E-state index in [1.165, 1.54) is 4.68 Å². The first-order valence-corrected chi connectivity index (χ1v) is 4.91. The molecular weight excluding hydrogens is 278 g/mol. The van der Waals surface area contributed by atoms with E-state index in [0.717, 1.165) is 0 Å². The van der Waals surface area contributed by atoms with E-state index in [2.05, 4.69) is 35.8 Å². The van der Waals surface area contributed by atoms with Crippen LogP contribution in [-0.4, -0.2) is 5.27 Å². The van der Waals surface area contributed by atoms with Gasteiger partial charge in [-0.1, -0.05) is 17.2 Å². The molecule has 0 N–H and O–H groups in total. The molecule has 0 spiro atoms. The number of hydrogen-bond acceptors (Lipinski definition) is 4. The van der Waals surface area contributed by atoms with Gasteiger partial charge < -0.3 is 9.63 Å². The van der Waals surface area contributed by atoms with Crippen molar-refractivity contribution in [3.63, 3.8) is 0 Å². The zero-order valence-electron chi connectivity index (χ0n) is 7.74. The Morgan fingerprint density at radius 1 is 1.56 bits per heavy atom. The largest absolute Gasteiger partial charge is 0.538 e. The molecule has 0 atom stereocenters. The molecule has 1 aromatic carbocycles. The summed E-state index contributed by atoms with van der Waals surface area (Å²) in [7, 11) is 0. The van der Waals surface area contributed by atoms with Crippen molar-refractivity contribution in [2.45, 2.75) is 0 Å². The minimum Gasteiger partial charge on any atom is -0.538 e. The summed E-state index contributed by atoms with van der Waals surface area (Å²) in [6.07, 6.45) is 0. The number of halogens is 1. The highest BCUT2D eigenvalue weighted by molar-refractivity contribution is 9.10. The average Bonchev–Trinajstić information content (AvgIpc) is 2.61. The summed E-state index contributed by atoms with van der Waals surface area (Å²) in [5.41, 5.74) is 9.28. The Morgan fingerprint density at radius 2 is 2.38 bits per heavy atom. The van der Waals surface area contributed by atoms with Gasteiger partial charge in [0.2, 0.25) is 5.69 Å². The van der Waals surface area contributed by atoms with Crippen molar-refractivity contribution in [2.75, 3.05) is 0 Å². The molecule has 0 fully saturated rings. The molecule has 0 unspecified atom stereocenters. The molecule has 0 radical (unpaired) electrons. The maximum Gasteiger partial charge on any atom is 0.305 e. The van der Waals surface area contributed by atoms with Gasteiger partial charge in [0.15, 0.2) is 5.95 Å². The van der Waals surface area contributed by atoms with Gasteiger partial charge in [0.05, 0.1) is 5.27 Å². The Morgan fingerprint density at radius 3 is 3.00 bits per heavy atom. The fraction of sp³-hybridized carbons (Fsp3) is 0. The summed E-state index contributed by atoms with van der Waals surface area (Å²) in [4.78, 5) is 2.67. The van der Waals surface area contributed by atoms with E-state index in [1.807, 2.05) is 0 Å². The lowest BCUT2D eigenvalue weighted by Crippen LogP contribution is -2.33. The molecule has 80 valence electrons. The maximum atomic E-state index is 11.0. The lowest BCUT2D eigenvalue weighted by atomic mass is 10.3. The van der Waals surface area contributed by atoms with Gasteiger partial charge >= 0.3 is 4.60 Å². The van der Waals surface area contributed by atoms with Crippen LogP contribution < -0.4 is 9.79 Å². The predicted molar refractivity (Wildman–Crippen MR) is 54.0 cm³/mol. The molecular formula is C8H4BrN5O2. The molecule has 0 amide bonds. The van der Waals surface area contributed by atoms with Gasteiger partial charge in [-0.05, 0) is 10.2 Å². The fourth-order valence-corrected chi connectivity index (χ4v) is 1.48. The van der Waals surface area contributed by atoms with E-state index in [-0.39, 0.29) is 4.60 Å². The van der Waals surface area contributed by atoms with Gasteiger partial charge in [-0.15, -0.1) is 0 Å². The van der Waals surface area contributed by atoms with E-state index >= 15 is 0 Å². The third-order valence-electron chi connectivity index (χ3n) is 1.79. The van der Waals surface area contributed by atoms with Crippen molar-refractivity contribution in [2.24, 2.45) is 5.11 Å². The highest BCUT2D eigenvalue weighted by atomic mass is 79.9. The molecule has 0 aliphatic heterocycles. The summed E-state index contributed by atoms with van der Waals surface area (Å²) >= 11 is 3.04. The molecule has 8 heteroatoms. The zero-order chi connectivity index (χ0) is 11.5. The summed E-state index contributed by atoms with van der Waals surface area (Å²) < 4.78 is 5.89. The number of azide groups is 1. The summed E-state index contributed by atoms with van der Waals surface area (Å²) in [6.45, 7) is 0. The summed E-state index contributed by atoms with van der Waals surface area (Å²) in [5, 5.41) is 18.0. The molecule has 2 rings (SSSR count). The lowest BCUT2D eigenvalue weighted by molar-refractivity contribution is -0.680. The van der Waals surface area contributed by atoms with Gasteiger partial charge in [0.25, 0.3) is 0 Å². The Kier molecular flexibility index (Phi) is 2.76. The van der Waals surface area contributed by atoms with Crippen LogP contribution in [-0.2, 0) is 0 Å². The number of rotatable bonds is 2. The first-order chi connectivity index (χ1) is 7.72. The monoisotopic (exact) mass is 281 g/mol. The second-order valence-electron chi connectivity index (χ2n) is 2.77. The Bertz CT molecular complexity index is 576. The van der Waals surface area contributed by atoms with Crippen LogP contribution in [0.3, 0.4) is 0 Å². The normalized spacial score (nSPS) is 9.81. The smallest absolute Gasteiger partial charge is 0.305 e. The van der Waals surface area contributed by atoms with Gasteiger partial charge in [-0.3, -0.25) is 0 Å². The summed E-state index contributed by atoms with van der Waals surface area (Å²) in [6, 6.07) is 6.59. The first kappa shape index (κ1) is 10.5. The van der Waals surface area contributed by atoms with Crippen molar-refractivity contribution in [3.05, 3.63) is 39.3 Å². The van der Waals surface area contributed by atoms with Crippen LogP contribution in [0, 0.1) is 0 Å². The maximum absolute atomic E-state index is 11.0. The Hall–Kier alpha value is -2.05. The van der Waals surface area contributed by atoms with Crippen LogP contribution in [0.4, 0.5) is 5.69 Å². The summed E-state index contributed by atoms with van der Waals surface area (Å²) in [5.74, 6) is -0.575. The van der Waals surface area contributed by atoms with Crippen molar-refractivity contribution >= 4 is 21.6 Å². The van der Waals surface area contributed by atoms with Crippen LogP contribution in [0.5, 0.6) is 5.95 Å². The van der Waals surface area contributed by atoms with Crippen molar-refractivity contribution in [1.82, 2.24) is 5.27 Å². The first-order valence-electron chi connectivity index (χ1n) is 4.12.